The van der Waals surface area contributed by atoms with Crippen LogP contribution in [0, 0.1) is 0 Å². The Bertz CT molecular complexity index is 931. The number of aliphatic hydroxyl groups is 2. The van der Waals surface area contributed by atoms with Crippen LogP contribution in [-0.2, 0) is 14.4 Å². The molecule has 0 spiro atoms. The maximum Gasteiger partial charge on any atom is 0.242 e. The molecule has 37 heavy (non-hydrogen) atoms. The van der Waals surface area contributed by atoms with Crippen molar-refractivity contribution in [1.29, 1.82) is 0 Å². The van der Waals surface area contributed by atoms with Crippen LogP contribution in [0.15, 0.2) is 24.3 Å². The molecular formula is C25H40N6O5S. The Kier molecular flexibility index (Phi) is 11.0. The number of benzene rings is 1. The van der Waals surface area contributed by atoms with Crippen LogP contribution in [0.1, 0.15) is 26.2 Å². The number of thioether (sulfide) groups is 1. The Morgan fingerprint density at radius 3 is 2.65 bits per heavy atom. The Morgan fingerprint density at radius 1 is 1.27 bits per heavy atom. The highest BCUT2D eigenvalue weighted by atomic mass is 32.2. The third-order valence-electron chi connectivity index (χ3n) is 6.67. The van der Waals surface area contributed by atoms with Gasteiger partial charge in [-0.05, 0) is 51.1 Å². The Labute approximate surface area is 222 Å². The molecule has 0 bridgehead atoms. The molecule has 2 aliphatic heterocycles. The Balaban J connectivity index is 1.53. The van der Waals surface area contributed by atoms with Gasteiger partial charge in [0.2, 0.25) is 17.7 Å². The van der Waals surface area contributed by atoms with E-state index < -0.39 is 35.3 Å². The molecule has 2 aliphatic rings. The van der Waals surface area contributed by atoms with Gasteiger partial charge < -0.3 is 41.3 Å². The lowest BCUT2D eigenvalue weighted by Crippen LogP contribution is -2.54. The monoisotopic (exact) mass is 536 g/mol. The Hall–Kier alpha value is -2.38. The van der Waals surface area contributed by atoms with Gasteiger partial charge in [-0.3, -0.25) is 14.4 Å². The molecule has 3 amide bonds. The lowest BCUT2D eigenvalue weighted by atomic mass is 10.2. The van der Waals surface area contributed by atoms with E-state index in [1.807, 2.05) is 31.2 Å². The smallest absolute Gasteiger partial charge is 0.242 e. The highest BCUT2D eigenvalue weighted by Gasteiger charge is 2.44. The number of nitrogens with two attached hydrogens (primary N) is 1. The first kappa shape index (κ1) is 29.2. The summed E-state index contributed by atoms with van der Waals surface area (Å²) in [6.45, 7) is 4.97. The van der Waals surface area contributed by atoms with E-state index in [4.69, 9.17) is 10.8 Å². The summed E-state index contributed by atoms with van der Waals surface area (Å²) in [5.74, 6) is -0.530. The summed E-state index contributed by atoms with van der Waals surface area (Å²) in [4.78, 5) is 43.4. The summed E-state index contributed by atoms with van der Waals surface area (Å²) in [6.07, 6.45) is 1.79. The van der Waals surface area contributed by atoms with Gasteiger partial charge in [0.15, 0.2) is 0 Å². The van der Waals surface area contributed by atoms with Gasteiger partial charge in [0.05, 0.1) is 12.7 Å². The first-order valence-corrected chi connectivity index (χ1v) is 13.8. The van der Waals surface area contributed by atoms with Crippen LogP contribution in [-0.4, -0.2) is 118 Å². The maximum absolute atomic E-state index is 13.0. The molecule has 4 atom stereocenters. The number of nitrogens with zero attached hydrogens (tertiary/aromatic N) is 3. The average Bonchev–Trinajstić information content (AvgIpc) is 3.52. The van der Waals surface area contributed by atoms with Crippen molar-refractivity contribution in [1.82, 2.24) is 14.7 Å². The number of likely N-dealkylation sites (tertiary alicyclic amines) is 1. The molecule has 206 valence electrons. The van der Waals surface area contributed by atoms with Gasteiger partial charge in [0.25, 0.3) is 0 Å². The van der Waals surface area contributed by atoms with Crippen molar-refractivity contribution in [2.45, 2.75) is 49.0 Å². The second kappa shape index (κ2) is 14.0. The van der Waals surface area contributed by atoms with E-state index in [9.17, 15) is 19.5 Å². The van der Waals surface area contributed by atoms with Crippen molar-refractivity contribution in [3.8, 4) is 0 Å². The van der Waals surface area contributed by atoms with Gasteiger partial charge in [-0.15, -0.1) is 11.8 Å². The highest BCUT2D eigenvalue weighted by Crippen LogP contribution is 2.34. The summed E-state index contributed by atoms with van der Waals surface area (Å²) >= 11 is 1.34. The number of rotatable bonds is 13. The molecule has 1 aromatic carbocycles. The number of amides is 3. The number of carbonyl (C=O) groups excluding carboxylic acids is 3. The molecule has 11 nitrogen and oxygen atoms in total. The van der Waals surface area contributed by atoms with Crippen molar-refractivity contribution in [2.75, 3.05) is 63.6 Å². The topological polar surface area (TPSA) is 151 Å². The zero-order valence-corrected chi connectivity index (χ0v) is 22.5. The molecule has 0 saturated carbocycles. The van der Waals surface area contributed by atoms with Crippen LogP contribution < -0.4 is 16.4 Å². The third-order valence-corrected chi connectivity index (χ3v) is 8.19. The lowest BCUT2D eigenvalue weighted by Gasteiger charge is -2.30. The van der Waals surface area contributed by atoms with Gasteiger partial charge in [0.1, 0.15) is 16.7 Å². The van der Waals surface area contributed by atoms with Gasteiger partial charge in [-0.1, -0.05) is 6.07 Å². The first-order valence-electron chi connectivity index (χ1n) is 12.8. The number of hydrogen-bond donors (Lipinski definition) is 5. The minimum absolute atomic E-state index is 0.0258. The van der Waals surface area contributed by atoms with Crippen molar-refractivity contribution in [3.05, 3.63) is 24.3 Å². The molecule has 2 saturated heterocycles. The number of anilines is 2. The number of aliphatic hydroxyl groups excluding tert-OH is 2. The minimum Gasteiger partial charge on any atom is -0.394 e. The zero-order chi connectivity index (χ0) is 26.9. The zero-order valence-electron chi connectivity index (χ0n) is 21.6. The van der Waals surface area contributed by atoms with E-state index in [0.717, 1.165) is 25.3 Å². The van der Waals surface area contributed by atoms with Crippen LogP contribution in [0.3, 0.4) is 0 Å². The fourth-order valence-electron chi connectivity index (χ4n) is 4.61. The summed E-state index contributed by atoms with van der Waals surface area (Å²) in [5, 5.41) is 23.9. The molecular weight excluding hydrogens is 496 g/mol. The van der Waals surface area contributed by atoms with Crippen molar-refractivity contribution in [2.24, 2.45) is 5.73 Å². The summed E-state index contributed by atoms with van der Waals surface area (Å²) in [6, 6.07) is 6.42. The van der Waals surface area contributed by atoms with Gasteiger partial charge >= 0.3 is 0 Å². The van der Waals surface area contributed by atoms with E-state index in [1.165, 1.54) is 36.6 Å². The molecule has 0 aromatic heterocycles. The molecule has 0 aliphatic carbocycles. The van der Waals surface area contributed by atoms with Crippen molar-refractivity contribution < 1.29 is 24.6 Å². The van der Waals surface area contributed by atoms with Crippen LogP contribution in [0.4, 0.5) is 11.4 Å². The summed E-state index contributed by atoms with van der Waals surface area (Å²) in [5.41, 5.74) is 7.72. The summed E-state index contributed by atoms with van der Waals surface area (Å²) in [7, 11) is 1.51. The van der Waals surface area contributed by atoms with E-state index in [1.54, 1.807) is 4.90 Å². The maximum atomic E-state index is 13.0. The largest absolute Gasteiger partial charge is 0.394 e. The summed E-state index contributed by atoms with van der Waals surface area (Å²) < 4.78 is 0. The van der Waals surface area contributed by atoms with Gasteiger partial charge in [0, 0.05) is 51.0 Å². The number of carbonyl (C=O) groups is 3. The minimum atomic E-state index is -1.05. The number of nitrogens with one attached hydrogen (secondary N) is 2. The predicted molar refractivity (Wildman–Crippen MR) is 145 cm³/mol. The predicted octanol–water partition coefficient (Wildman–Crippen LogP) is -0.0482. The van der Waals surface area contributed by atoms with Gasteiger partial charge in [-0.2, -0.15) is 0 Å². The molecule has 6 N–H and O–H groups in total. The normalized spacial score (nSPS) is 21.6. The van der Waals surface area contributed by atoms with Crippen LogP contribution in [0.5, 0.6) is 0 Å². The van der Waals surface area contributed by atoms with E-state index in [0.29, 0.717) is 25.2 Å². The molecule has 0 radical (unpaired) electrons. The molecule has 1 aromatic rings. The van der Waals surface area contributed by atoms with Crippen LogP contribution >= 0.6 is 11.8 Å². The fraction of sp³-hybridized carbons (Fsp3) is 0.640. The number of hydrogen-bond acceptors (Lipinski definition) is 9. The first-order chi connectivity index (χ1) is 17.7. The fourth-order valence-corrected chi connectivity index (χ4v) is 6.06. The van der Waals surface area contributed by atoms with Crippen LogP contribution in [0.25, 0.3) is 0 Å². The average molecular weight is 537 g/mol. The Morgan fingerprint density at radius 2 is 1.97 bits per heavy atom. The highest BCUT2D eigenvalue weighted by molar-refractivity contribution is 8.01. The molecule has 3 rings (SSSR count). The van der Waals surface area contributed by atoms with Gasteiger partial charge in [-0.25, -0.2) is 0 Å². The van der Waals surface area contributed by atoms with Crippen molar-refractivity contribution in [3.63, 3.8) is 0 Å². The van der Waals surface area contributed by atoms with Crippen molar-refractivity contribution >= 4 is 40.9 Å². The van der Waals surface area contributed by atoms with E-state index in [2.05, 4.69) is 15.5 Å². The second-order valence-electron chi connectivity index (χ2n) is 9.53. The quantitative estimate of drug-likeness (QED) is 0.234. The molecule has 12 heteroatoms. The SMILES string of the molecule is CCN1C(=O)[C@@H](CNc2cccc(NC(=O)CCN3CCCC3)c2)SC1[C@H](N)C(=O)N(C)CC(O)CO. The number of likely N-dealkylation sites (N-methyl/N-ethyl adjacent to an activating group) is 2. The third kappa shape index (κ3) is 8.05. The van der Waals surface area contributed by atoms with E-state index >= 15 is 0 Å². The second-order valence-corrected chi connectivity index (χ2v) is 10.9. The standard InChI is InChI=1S/C25H40N6O5S/c1-3-31-23(35)20(37-25(31)22(26)24(36)29(2)15-19(33)16-32)14-27-17-7-6-8-18(13-17)28-21(34)9-12-30-10-4-5-11-30/h6-8,13,19-20,22,25,27,32-33H,3-5,9-12,14-16,26H2,1-2H3,(H,28,34)/t19?,20-,22-,25?/m1/s1. The molecule has 2 fully saturated rings. The van der Waals surface area contributed by atoms with E-state index in [-0.39, 0.29) is 18.4 Å². The molecule has 2 unspecified atom stereocenters. The van der Waals surface area contributed by atoms with Crippen LogP contribution in [0.2, 0.25) is 0 Å². The lowest BCUT2D eigenvalue weighted by molar-refractivity contribution is -0.135. The molecule has 2 heterocycles.